The van der Waals surface area contributed by atoms with Crippen LogP contribution in [0.4, 0.5) is 5.82 Å². The molecule has 6 heteroatoms. The Hall–Kier alpha value is -1.59. The average molecular weight is 365 g/mol. The summed E-state index contributed by atoms with van der Waals surface area (Å²) in [6.45, 7) is 1.70. The summed E-state index contributed by atoms with van der Waals surface area (Å²) in [5, 5.41) is 2.71. The van der Waals surface area contributed by atoms with Crippen LogP contribution in [0.3, 0.4) is 0 Å². The number of anilines is 1. The number of thiophene rings is 1. The van der Waals surface area contributed by atoms with Gasteiger partial charge in [-0.05, 0) is 36.4 Å². The van der Waals surface area contributed by atoms with Gasteiger partial charge in [0.15, 0.2) is 0 Å². The number of carbonyl (C=O) groups is 1. The third kappa shape index (κ3) is 4.95. The second-order valence-corrected chi connectivity index (χ2v) is 7.41. The van der Waals surface area contributed by atoms with Gasteiger partial charge in [-0.1, -0.05) is 17.7 Å². The number of halogens is 1. The lowest BCUT2D eigenvalue weighted by Gasteiger charge is -2.32. The van der Waals surface area contributed by atoms with Crippen LogP contribution < -0.4 is 4.90 Å². The monoisotopic (exact) mass is 364 g/mol. The summed E-state index contributed by atoms with van der Waals surface area (Å²) in [6.07, 6.45) is 5.69. The first kappa shape index (κ1) is 17.2. The average Bonchev–Trinajstić information content (AvgIpc) is 3.10. The summed E-state index contributed by atoms with van der Waals surface area (Å²) in [7, 11) is 0. The van der Waals surface area contributed by atoms with E-state index in [4.69, 9.17) is 16.3 Å². The molecule has 0 aliphatic carbocycles. The van der Waals surface area contributed by atoms with Crippen molar-refractivity contribution >= 4 is 34.7 Å². The first-order chi connectivity index (χ1) is 11.7. The topological polar surface area (TPSA) is 42.4 Å². The van der Waals surface area contributed by atoms with Crippen molar-refractivity contribution in [3.63, 3.8) is 0 Å². The highest BCUT2D eigenvalue weighted by molar-refractivity contribution is 7.09. The van der Waals surface area contributed by atoms with E-state index in [1.165, 1.54) is 4.88 Å². The van der Waals surface area contributed by atoms with Gasteiger partial charge in [0.1, 0.15) is 11.9 Å². The normalized spacial score (nSPS) is 15.5. The fraction of sp³-hybridized carbons (Fsp3) is 0.444. The molecule has 1 aliphatic heterocycles. The van der Waals surface area contributed by atoms with E-state index < -0.39 is 0 Å². The molecule has 0 spiro atoms. The van der Waals surface area contributed by atoms with Gasteiger partial charge in [0, 0.05) is 43.4 Å². The van der Waals surface area contributed by atoms with Crippen molar-refractivity contribution in [3.05, 3.63) is 45.7 Å². The molecule has 1 saturated heterocycles. The van der Waals surface area contributed by atoms with Gasteiger partial charge in [0.2, 0.25) is 0 Å². The molecule has 4 nitrogen and oxygen atoms in total. The summed E-state index contributed by atoms with van der Waals surface area (Å²) in [5.74, 6) is 0.856. The van der Waals surface area contributed by atoms with E-state index >= 15 is 0 Å². The van der Waals surface area contributed by atoms with Crippen molar-refractivity contribution < 1.29 is 9.53 Å². The molecule has 0 amide bonds. The maximum Gasteiger partial charge on any atom is 0.306 e. The Morgan fingerprint density at radius 3 is 2.83 bits per heavy atom. The highest BCUT2D eigenvalue weighted by Gasteiger charge is 2.22. The van der Waals surface area contributed by atoms with Crippen LogP contribution in [0, 0.1) is 0 Å². The lowest BCUT2D eigenvalue weighted by atomic mass is 10.1. The van der Waals surface area contributed by atoms with E-state index in [1.54, 1.807) is 17.5 Å². The number of carbonyl (C=O) groups excluding carboxylic acids is 1. The fourth-order valence-electron chi connectivity index (χ4n) is 2.86. The van der Waals surface area contributed by atoms with Crippen LogP contribution >= 0.6 is 22.9 Å². The number of hydrogen-bond donors (Lipinski definition) is 0. The molecule has 0 radical (unpaired) electrons. The minimum Gasteiger partial charge on any atom is -0.462 e. The van der Waals surface area contributed by atoms with Gasteiger partial charge in [-0.2, -0.15) is 0 Å². The molecule has 3 heterocycles. The Morgan fingerprint density at radius 2 is 2.17 bits per heavy atom. The van der Waals surface area contributed by atoms with E-state index in [0.29, 0.717) is 11.4 Å². The van der Waals surface area contributed by atoms with Crippen LogP contribution in [0.15, 0.2) is 35.8 Å². The van der Waals surface area contributed by atoms with Crippen LogP contribution in [0.2, 0.25) is 5.02 Å². The minimum absolute atomic E-state index is 0.0304. The number of hydrogen-bond acceptors (Lipinski definition) is 5. The summed E-state index contributed by atoms with van der Waals surface area (Å²) in [4.78, 5) is 19.8. The second kappa shape index (κ2) is 8.49. The molecule has 0 aromatic carbocycles. The van der Waals surface area contributed by atoms with E-state index in [0.717, 1.165) is 44.6 Å². The van der Waals surface area contributed by atoms with Crippen molar-refractivity contribution in [3.8, 4) is 0 Å². The summed E-state index contributed by atoms with van der Waals surface area (Å²) >= 11 is 7.60. The van der Waals surface area contributed by atoms with Crippen molar-refractivity contribution in [2.45, 2.75) is 38.2 Å². The molecule has 0 atom stereocenters. The first-order valence-corrected chi connectivity index (χ1v) is 9.55. The number of pyridine rings is 1. The number of esters is 1. The lowest BCUT2D eigenvalue weighted by Crippen LogP contribution is -2.38. The van der Waals surface area contributed by atoms with Crippen LogP contribution in [-0.4, -0.2) is 30.1 Å². The molecule has 1 fully saturated rings. The maximum absolute atomic E-state index is 12.0. The zero-order valence-electron chi connectivity index (χ0n) is 13.5. The summed E-state index contributed by atoms with van der Waals surface area (Å²) in [6, 6.07) is 7.93. The van der Waals surface area contributed by atoms with Gasteiger partial charge < -0.3 is 9.64 Å². The molecule has 2 aromatic rings. The van der Waals surface area contributed by atoms with Gasteiger partial charge in [-0.15, -0.1) is 11.3 Å². The Morgan fingerprint density at radius 1 is 1.33 bits per heavy atom. The minimum atomic E-state index is -0.0744. The Labute approximate surface area is 151 Å². The molecular weight excluding hydrogens is 344 g/mol. The first-order valence-electron chi connectivity index (χ1n) is 8.29. The Bertz CT molecular complexity index is 638. The summed E-state index contributed by atoms with van der Waals surface area (Å²) in [5.41, 5.74) is 0. The molecule has 0 bridgehead atoms. The molecule has 0 unspecified atom stereocenters. The predicted octanol–water partition coefficient (Wildman–Crippen LogP) is 4.33. The number of aryl methyl sites for hydroxylation is 1. The Kier molecular flexibility index (Phi) is 6.10. The molecule has 0 N–H and O–H groups in total. The molecule has 2 aromatic heterocycles. The highest BCUT2D eigenvalue weighted by atomic mass is 35.5. The van der Waals surface area contributed by atoms with Gasteiger partial charge in [0.05, 0.1) is 5.02 Å². The van der Waals surface area contributed by atoms with E-state index in [-0.39, 0.29) is 12.1 Å². The fourth-order valence-corrected chi connectivity index (χ4v) is 3.73. The maximum atomic E-state index is 12.0. The summed E-state index contributed by atoms with van der Waals surface area (Å²) < 4.78 is 5.61. The van der Waals surface area contributed by atoms with Crippen molar-refractivity contribution in [2.24, 2.45) is 0 Å². The Balaban J connectivity index is 1.37. The molecule has 1 aliphatic rings. The van der Waals surface area contributed by atoms with Gasteiger partial charge in [0.25, 0.3) is 0 Å². The van der Waals surface area contributed by atoms with Gasteiger partial charge >= 0.3 is 5.97 Å². The van der Waals surface area contributed by atoms with Crippen LogP contribution in [0.1, 0.15) is 30.6 Å². The number of nitrogens with zero attached hydrogens (tertiary/aromatic N) is 2. The number of ether oxygens (including phenoxy) is 1. The van der Waals surface area contributed by atoms with Crippen LogP contribution in [0.25, 0.3) is 0 Å². The second-order valence-electron chi connectivity index (χ2n) is 5.94. The van der Waals surface area contributed by atoms with E-state index in [1.807, 2.05) is 18.2 Å². The molecular formula is C18H21ClN2O2S. The molecule has 24 heavy (non-hydrogen) atoms. The standard InChI is InChI=1S/C18H21ClN2O2S/c19-14-6-7-17(20-13-14)21-10-8-15(9-11-21)23-18(22)5-1-3-16-4-2-12-24-16/h2,4,6-7,12-13,15H,1,3,5,8-11H2. The van der Waals surface area contributed by atoms with Gasteiger partial charge in [-0.25, -0.2) is 4.98 Å². The van der Waals surface area contributed by atoms with Crippen LogP contribution in [0.5, 0.6) is 0 Å². The third-order valence-electron chi connectivity index (χ3n) is 4.16. The molecule has 3 rings (SSSR count). The van der Waals surface area contributed by atoms with Gasteiger partial charge in [-0.3, -0.25) is 4.79 Å². The van der Waals surface area contributed by atoms with Crippen molar-refractivity contribution in [2.75, 3.05) is 18.0 Å². The number of aromatic nitrogens is 1. The third-order valence-corrected chi connectivity index (χ3v) is 5.32. The smallest absolute Gasteiger partial charge is 0.306 e. The number of piperidine rings is 1. The largest absolute Gasteiger partial charge is 0.462 e. The zero-order valence-corrected chi connectivity index (χ0v) is 15.1. The lowest BCUT2D eigenvalue weighted by molar-refractivity contribution is -0.150. The van der Waals surface area contributed by atoms with E-state index in [9.17, 15) is 4.79 Å². The highest BCUT2D eigenvalue weighted by Crippen LogP contribution is 2.21. The van der Waals surface area contributed by atoms with Crippen LogP contribution in [-0.2, 0) is 16.0 Å². The zero-order chi connectivity index (χ0) is 16.8. The van der Waals surface area contributed by atoms with Crippen molar-refractivity contribution in [1.29, 1.82) is 0 Å². The SMILES string of the molecule is O=C(CCCc1cccs1)OC1CCN(c2ccc(Cl)cn2)CC1. The predicted molar refractivity (Wildman–Crippen MR) is 97.8 cm³/mol. The van der Waals surface area contributed by atoms with E-state index in [2.05, 4.69) is 21.3 Å². The number of rotatable bonds is 6. The van der Waals surface area contributed by atoms with Crippen molar-refractivity contribution in [1.82, 2.24) is 4.98 Å². The quantitative estimate of drug-likeness (QED) is 0.715. The molecule has 0 saturated carbocycles. The molecule has 128 valence electrons.